The van der Waals surface area contributed by atoms with Crippen molar-refractivity contribution in [1.82, 2.24) is 5.32 Å². The Labute approximate surface area is 137 Å². The van der Waals surface area contributed by atoms with Gasteiger partial charge in [-0.15, -0.1) is 0 Å². The van der Waals surface area contributed by atoms with E-state index in [0.717, 1.165) is 3.57 Å². The molecule has 0 fully saturated rings. The molecule has 5 heteroatoms. The van der Waals surface area contributed by atoms with E-state index in [1.54, 1.807) is 31.2 Å². The monoisotopic (exact) mass is 394 g/mol. The maximum absolute atomic E-state index is 12.1. The molecule has 0 heterocycles. The van der Waals surface area contributed by atoms with E-state index < -0.39 is 6.04 Å². The van der Waals surface area contributed by atoms with E-state index in [-0.39, 0.29) is 11.8 Å². The number of anilines is 1. The van der Waals surface area contributed by atoms with Crippen molar-refractivity contribution in [1.29, 1.82) is 0 Å². The van der Waals surface area contributed by atoms with Gasteiger partial charge in [-0.3, -0.25) is 9.59 Å². The van der Waals surface area contributed by atoms with Crippen LogP contribution in [0.4, 0.5) is 5.69 Å². The lowest BCUT2D eigenvalue weighted by Crippen LogP contribution is -2.41. The molecule has 2 N–H and O–H groups in total. The molecule has 1 unspecified atom stereocenters. The summed E-state index contributed by atoms with van der Waals surface area (Å²) in [5.41, 5.74) is 1.25. The number of hydrogen-bond acceptors (Lipinski definition) is 2. The molecule has 1 atom stereocenters. The van der Waals surface area contributed by atoms with Gasteiger partial charge in [0.15, 0.2) is 0 Å². The average molecular weight is 394 g/mol. The number of halogens is 1. The van der Waals surface area contributed by atoms with Crippen LogP contribution in [0.5, 0.6) is 0 Å². The smallest absolute Gasteiger partial charge is 0.251 e. The van der Waals surface area contributed by atoms with E-state index in [2.05, 4.69) is 33.2 Å². The largest absolute Gasteiger partial charge is 0.341 e. The molecule has 0 aliphatic rings. The predicted molar refractivity (Wildman–Crippen MR) is 91.2 cm³/mol. The van der Waals surface area contributed by atoms with Crippen LogP contribution in [0.1, 0.15) is 17.3 Å². The maximum Gasteiger partial charge on any atom is 0.251 e. The Hall–Kier alpha value is -1.89. The summed E-state index contributed by atoms with van der Waals surface area (Å²) in [6.45, 7) is 1.66. The highest BCUT2D eigenvalue weighted by Gasteiger charge is 2.16. The predicted octanol–water partition coefficient (Wildman–Crippen LogP) is 3.05. The first-order chi connectivity index (χ1) is 10.1. The Bertz CT molecular complexity index is 644. The SMILES string of the molecule is CC(NC(=O)c1ccccc1)C(=O)Nc1cccc(I)c1. The van der Waals surface area contributed by atoms with Crippen molar-refractivity contribution in [2.45, 2.75) is 13.0 Å². The van der Waals surface area contributed by atoms with E-state index in [1.165, 1.54) is 0 Å². The lowest BCUT2D eigenvalue weighted by atomic mass is 10.2. The lowest BCUT2D eigenvalue weighted by molar-refractivity contribution is -0.117. The molecule has 2 aromatic rings. The summed E-state index contributed by atoms with van der Waals surface area (Å²) in [5.74, 6) is -0.512. The van der Waals surface area contributed by atoms with Crippen molar-refractivity contribution in [3.05, 3.63) is 63.7 Å². The zero-order chi connectivity index (χ0) is 15.2. The van der Waals surface area contributed by atoms with E-state index in [0.29, 0.717) is 11.3 Å². The Morgan fingerprint density at radius 2 is 1.76 bits per heavy atom. The molecule has 4 nitrogen and oxygen atoms in total. The van der Waals surface area contributed by atoms with Gasteiger partial charge >= 0.3 is 0 Å². The third kappa shape index (κ3) is 4.56. The number of carbonyl (C=O) groups excluding carboxylic acids is 2. The summed E-state index contributed by atoms with van der Waals surface area (Å²) in [6.07, 6.45) is 0. The topological polar surface area (TPSA) is 58.2 Å². The first-order valence-corrected chi connectivity index (χ1v) is 7.56. The van der Waals surface area contributed by atoms with Crippen molar-refractivity contribution in [3.63, 3.8) is 0 Å². The highest BCUT2D eigenvalue weighted by molar-refractivity contribution is 14.1. The Kier molecular flexibility index (Phi) is 5.32. The minimum Gasteiger partial charge on any atom is -0.341 e. The van der Waals surface area contributed by atoms with Gasteiger partial charge in [0.25, 0.3) is 5.91 Å². The Morgan fingerprint density at radius 3 is 2.43 bits per heavy atom. The minimum absolute atomic E-state index is 0.249. The van der Waals surface area contributed by atoms with Gasteiger partial charge in [-0.25, -0.2) is 0 Å². The third-order valence-corrected chi connectivity index (χ3v) is 3.54. The van der Waals surface area contributed by atoms with Gasteiger partial charge in [0.2, 0.25) is 5.91 Å². The van der Waals surface area contributed by atoms with Crippen molar-refractivity contribution in [2.24, 2.45) is 0 Å². The molecule has 0 spiro atoms. The molecule has 0 aromatic heterocycles. The number of benzene rings is 2. The number of nitrogens with one attached hydrogen (secondary N) is 2. The summed E-state index contributed by atoms with van der Waals surface area (Å²) in [7, 11) is 0. The highest BCUT2D eigenvalue weighted by atomic mass is 127. The lowest BCUT2D eigenvalue weighted by Gasteiger charge is -2.14. The van der Waals surface area contributed by atoms with Gasteiger partial charge in [0, 0.05) is 14.8 Å². The molecule has 2 amide bonds. The molecule has 0 saturated carbocycles. The Balaban J connectivity index is 1.95. The molecule has 0 saturated heterocycles. The van der Waals surface area contributed by atoms with Crippen LogP contribution in [0.15, 0.2) is 54.6 Å². The first kappa shape index (κ1) is 15.5. The summed E-state index contributed by atoms with van der Waals surface area (Å²) in [4.78, 5) is 24.0. The summed E-state index contributed by atoms with van der Waals surface area (Å²) in [6, 6.07) is 15.7. The number of amides is 2. The second-order valence-electron chi connectivity index (χ2n) is 4.56. The second-order valence-corrected chi connectivity index (χ2v) is 5.81. The summed E-state index contributed by atoms with van der Waals surface area (Å²) in [5, 5.41) is 5.46. The number of hydrogen-bond donors (Lipinski definition) is 2. The van der Waals surface area contributed by atoms with E-state index in [1.807, 2.05) is 30.3 Å². The highest BCUT2D eigenvalue weighted by Crippen LogP contribution is 2.12. The van der Waals surface area contributed by atoms with Crippen LogP contribution in [0.3, 0.4) is 0 Å². The van der Waals surface area contributed by atoms with Crippen LogP contribution in [0.2, 0.25) is 0 Å². The summed E-state index contributed by atoms with van der Waals surface area (Å²) < 4.78 is 1.03. The van der Waals surface area contributed by atoms with Crippen LogP contribution in [-0.4, -0.2) is 17.9 Å². The second kappa shape index (κ2) is 7.21. The zero-order valence-electron chi connectivity index (χ0n) is 11.5. The van der Waals surface area contributed by atoms with Gasteiger partial charge in [-0.2, -0.15) is 0 Å². The quantitative estimate of drug-likeness (QED) is 0.784. The molecular weight excluding hydrogens is 379 g/mol. The van der Waals surface area contributed by atoms with Crippen LogP contribution < -0.4 is 10.6 Å². The molecule has 0 aliphatic heterocycles. The first-order valence-electron chi connectivity index (χ1n) is 6.48. The van der Waals surface area contributed by atoms with E-state index in [4.69, 9.17) is 0 Å². The van der Waals surface area contributed by atoms with Crippen molar-refractivity contribution < 1.29 is 9.59 Å². The summed E-state index contributed by atoms with van der Waals surface area (Å²) >= 11 is 2.18. The van der Waals surface area contributed by atoms with Crippen LogP contribution in [0, 0.1) is 3.57 Å². The maximum atomic E-state index is 12.1. The standard InChI is InChI=1S/C16H15IN2O2/c1-11(18-16(21)12-6-3-2-4-7-12)15(20)19-14-9-5-8-13(17)10-14/h2-11H,1H3,(H,18,21)(H,19,20). The van der Waals surface area contributed by atoms with Gasteiger partial charge in [0.05, 0.1) is 0 Å². The van der Waals surface area contributed by atoms with Crippen molar-refractivity contribution >= 4 is 40.1 Å². The molecule has 0 aliphatic carbocycles. The van der Waals surface area contributed by atoms with Gasteiger partial charge < -0.3 is 10.6 Å². The van der Waals surface area contributed by atoms with Crippen LogP contribution in [0.25, 0.3) is 0 Å². The fourth-order valence-corrected chi connectivity index (χ4v) is 2.29. The van der Waals surface area contributed by atoms with Crippen molar-refractivity contribution in [3.8, 4) is 0 Å². The van der Waals surface area contributed by atoms with E-state index in [9.17, 15) is 9.59 Å². The molecule has 2 rings (SSSR count). The normalized spacial score (nSPS) is 11.5. The molecular formula is C16H15IN2O2. The average Bonchev–Trinajstić information content (AvgIpc) is 2.48. The van der Waals surface area contributed by atoms with Gasteiger partial charge in [-0.05, 0) is 59.8 Å². The number of carbonyl (C=O) groups is 2. The fraction of sp³-hybridized carbons (Fsp3) is 0.125. The molecule has 0 radical (unpaired) electrons. The van der Waals surface area contributed by atoms with Gasteiger partial charge in [-0.1, -0.05) is 24.3 Å². The molecule has 0 bridgehead atoms. The zero-order valence-corrected chi connectivity index (χ0v) is 13.6. The fourth-order valence-electron chi connectivity index (χ4n) is 1.75. The van der Waals surface area contributed by atoms with Crippen molar-refractivity contribution in [2.75, 3.05) is 5.32 Å². The molecule has 2 aromatic carbocycles. The molecule has 108 valence electrons. The van der Waals surface area contributed by atoms with E-state index >= 15 is 0 Å². The van der Waals surface area contributed by atoms with Gasteiger partial charge in [0.1, 0.15) is 6.04 Å². The number of rotatable bonds is 4. The minimum atomic E-state index is -0.615. The van der Waals surface area contributed by atoms with Crippen LogP contribution in [-0.2, 0) is 4.79 Å². The Morgan fingerprint density at radius 1 is 1.05 bits per heavy atom. The van der Waals surface area contributed by atoms with Crippen LogP contribution >= 0.6 is 22.6 Å². The third-order valence-electron chi connectivity index (χ3n) is 2.87. The molecule has 21 heavy (non-hydrogen) atoms.